The van der Waals surface area contributed by atoms with Gasteiger partial charge in [0.2, 0.25) is 5.91 Å². The van der Waals surface area contributed by atoms with Crippen LogP contribution in [0.4, 0.5) is 0 Å². The predicted molar refractivity (Wildman–Crippen MR) is 88.9 cm³/mol. The van der Waals surface area contributed by atoms with E-state index in [1.807, 2.05) is 24.3 Å². The number of unbranched alkanes of at least 4 members (excludes halogenated alkanes) is 4. The highest BCUT2D eigenvalue weighted by molar-refractivity contribution is 5.76. The Balaban J connectivity index is 2.55. The lowest BCUT2D eigenvalue weighted by atomic mass is 10.0. The predicted octanol–water partition coefficient (Wildman–Crippen LogP) is 3.59. The molecule has 0 unspecified atom stereocenters. The third kappa shape index (κ3) is 6.48. The molecule has 0 aliphatic heterocycles. The summed E-state index contributed by atoms with van der Waals surface area (Å²) in [6, 6.07) is 7.04. The lowest BCUT2D eigenvalue weighted by Crippen LogP contribution is -2.34. The number of hydrogen-bond acceptors (Lipinski definition) is 3. The maximum atomic E-state index is 12.1. The summed E-state index contributed by atoms with van der Waals surface area (Å²) in [7, 11) is 1.60. The second-order valence-electron chi connectivity index (χ2n) is 5.73. The normalized spacial score (nSPS) is 13.5. The number of benzene rings is 1. The first-order valence-electron chi connectivity index (χ1n) is 8.19. The van der Waals surface area contributed by atoms with Crippen molar-refractivity contribution in [3.05, 3.63) is 29.8 Å². The van der Waals surface area contributed by atoms with Crippen LogP contribution in [0.5, 0.6) is 5.75 Å². The Kier molecular flexibility index (Phi) is 8.60. The molecule has 0 radical (unpaired) electrons. The van der Waals surface area contributed by atoms with Crippen LogP contribution in [0.25, 0.3) is 0 Å². The molecule has 0 bridgehead atoms. The SMILES string of the molecule is CCCCCCCC(=O)N[C@H](c1cccc(OC)c1)[C@H](C)O. The van der Waals surface area contributed by atoms with E-state index in [0.717, 1.165) is 24.2 Å². The number of rotatable bonds is 10. The van der Waals surface area contributed by atoms with E-state index in [1.165, 1.54) is 19.3 Å². The van der Waals surface area contributed by atoms with E-state index in [0.29, 0.717) is 6.42 Å². The molecule has 0 fully saturated rings. The molecule has 1 aromatic rings. The highest BCUT2D eigenvalue weighted by atomic mass is 16.5. The molecule has 1 rings (SSSR count). The molecule has 0 heterocycles. The summed E-state index contributed by atoms with van der Waals surface area (Å²) in [5.41, 5.74) is 0.855. The fraction of sp³-hybridized carbons (Fsp3) is 0.611. The Morgan fingerprint density at radius 1 is 1.27 bits per heavy atom. The fourth-order valence-corrected chi connectivity index (χ4v) is 2.45. The van der Waals surface area contributed by atoms with Crippen LogP contribution in [0.3, 0.4) is 0 Å². The minimum absolute atomic E-state index is 0.00906. The molecule has 2 atom stereocenters. The number of amides is 1. The Morgan fingerprint density at radius 3 is 2.64 bits per heavy atom. The van der Waals surface area contributed by atoms with Crippen molar-refractivity contribution in [2.45, 2.75) is 64.5 Å². The molecule has 0 aromatic heterocycles. The van der Waals surface area contributed by atoms with Gasteiger partial charge in [-0.1, -0.05) is 44.7 Å². The topological polar surface area (TPSA) is 58.6 Å². The van der Waals surface area contributed by atoms with Crippen LogP contribution in [-0.2, 0) is 4.79 Å². The summed E-state index contributed by atoms with van der Waals surface area (Å²) in [6.07, 6.45) is 5.44. The van der Waals surface area contributed by atoms with Crippen LogP contribution in [-0.4, -0.2) is 24.2 Å². The number of methoxy groups -OCH3 is 1. The molecule has 0 saturated heterocycles. The molecule has 1 aromatic carbocycles. The van der Waals surface area contributed by atoms with Gasteiger partial charge in [-0.25, -0.2) is 0 Å². The van der Waals surface area contributed by atoms with Gasteiger partial charge in [0.15, 0.2) is 0 Å². The summed E-state index contributed by atoms with van der Waals surface area (Å²) in [5, 5.41) is 12.9. The van der Waals surface area contributed by atoms with Crippen molar-refractivity contribution >= 4 is 5.91 Å². The molecular formula is C18H29NO3. The molecule has 124 valence electrons. The van der Waals surface area contributed by atoms with Gasteiger partial charge in [0.1, 0.15) is 5.75 Å². The highest BCUT2D eigenvalue weighted by Crippen LogP contribution is 2.22. The van der Waals surface area contributed by atoms with Gasteiger partial charge in [0.05, 0.1) is 19.3 Å². The van der Waals surface area contributed by atoms with E-state index in [1.54, 1.807) is 14.0 Å². The molecule has 22 heavy (non-hydrogen) atoms. The van der Waals surface area contributed by atoms with Crippen molar-refractivity contribution < 1.29 is 14.6 Å². The van der Waals surface area contributed by atoms with Gasteiger partial charge in [0.25, 0.3) is 0 Å². The van der Waals surface area contributed by atoms with Gasteiger partial charge < -0.3 is 15.2 Å². The van der Waals surface area contributed by atoms with E-state index in [-0.39, 0.29) is 5.91 Å². The van der Waals surface area contributed by atoms with Crippen molar-refractivity contribution in [1.82, 2.24) is 5.32 Å². The van der Waals surface area contributed by atoms with E-state index in [2.05, 4.69) is 12.2 Å². The molecule has 0 aliphatic rings. The second kappa shape index (κ2) is 10.2. The maximum Gasteiger partial charge on any atom is 0.220 e. The van der Waals surface area contributed by atoms with Gasteiger partial charge >= 0.3 is 0 Å². The molecule has 0 spiro atoms. The van der Waals surface area contributed by atoms with Gasteiger partial charge in [0, 0.05) is 6.42 Å². The van der Waals surface area contributed by atoms with Crippen molar-refractivity contribution in [2.75, 3.05) is 7.11 Å². The minimum atomic E-state index is -0.656. The average Bonchev–Trinajstić information content (AvgIpc) is 2.52. The minimum Gasteiger partial charge on any atom is -0.497 e. The molecule has 0 aliphatic carbocycles. The summed E-state index contributed by atoms with van der Waals surface area (Å²) in [5.74, 6) is 0.710. The van der Waals surface area contributed by atoms with Crippen LogP contribution in [0.2, 0.25) is 0 Å². The van der Waals surface area contributed by atoms with Crippen LogP contribution in [0.15, 0.2) is 24.3 Å². The van der Waals surface area contributed by atoms with Crippen molar-refractivity contribution in [1.29, 1.82) is 0 Å². The Bertz CT molecular complexity index is 446. The van der Waals surface area contributed by atoms with Gasteiger partial charge in [-0.15, -0.1) is 0 Å². The third-order valence-corrected chi connectivity index (χ3v) is 3.76. The zero-order chi connectivity index (χ0) is 16.4. The van der Waals surface area contributed by atoms with Crippen LogP contribution >= 0.6 is 0 Å². The van der Waals surface area contributed by atoms with Crippen LogP contribution < -0.4 is 10.1 Å². The number of aliphatic hydroxyl groups excluding tert-OH is 1. The average molecular weight is 307 g/mol. The van der Waals surface area contributed by atoms with Crippen LogP contribution in [0, 0.1) is 0 Å². The molecule has 2 N–H and O–H groups in total. The number of nitrogens with one attached hydrogen (secondary N) is 1. The zero-order valence-corrected chi connectivity index (χ0v) is 14.0. The lowest BCUT2D eigenvalue weighted by Gasteiger charge is -2.22. The molecular weight excluding hydrogens is 278 g/mol. The van der Waals surface area contributed by atoms with E-state index in [4.69, 9.17) is 4.74 Å². The first-order valence-corrected chi connectivity index (χ1v) is 8.19. The summed E-state index contributed by atoms with van der Waals surface area (Å²) >= 11 is 0. The number of aliphatic hydroxyl groups is 1. The molecule has 4 nitrogen and oxygen atoms in total. The zero-order valence-electron chi connectivity index (χ0n) is 14.0. The summed E-state index contributed by atoms with van der Waals surface area (Å²) in [6.45, 7) is 3.86. The number of ether oxygens (including phenoxy) is 1. The van der Waals surface area contributed by atoms with Gasteiger partial charge in [-0.05, 0) is 31.0 Å². The quantitative estimate of drug-likeness (QED) is 0.649. The Morgan fingerprint density at radius 2 is 2.00 bits per heavy atom. The first-order chi connectivity index (χ1) is 10.6. The molecule has 0 saturated carbocycles. The molecule has 1 amide bonds. The van der Waals surface area contributed by atoms with Crippen molar-refractivity contribution in [3.63, 3.8) is 0 Å². The van der Waals surface area contributed by atoms with Gasteiger partial charge in [-0.3, -0.25) is 4.79 Å². The smallest absolute Gasteiger partial charge is 0.220 e. The van der Waals surface area contributed by atoms with Crippen molar-refractivity contribution in [3.8, 4) is 5.75 Å². The van der Waals surface area contributed by atoms with E-state index < -0.39 is 12.1 Å². The number of hydrogen-bond donors (Lipinski definition) is 2. The number of carbonyl (C=O) groups is 1. The van der Waals surface area contributed by atoms with Crippen molar-refractivity contribution in [2.24, 2.45) is 0 Å². The standard InChI is InChI=1S/C18H29NO3/c1-4-5-6-7-8-12-17(21)19-18(14(2)20)15-10-9-11-16(13-15)22-3/h9-11,13-14,18,20H,4-8,12H2,1-3H3,(H,19,21)/t14-,18-/m0/s1. The largest absolute Gasteiger partial charge is 0.497 e. The fourth-order valence-electron chi connectivity index (χ4n) is 2.45. The summed E-state index contributed by atoms with van der Waals surface area (Å²) < 4.78 is 5.20. The summed E-state index contributed by atoms with van der Waals surface area (Å²) in [4.78, 5) is 12.1. The van der Waals surface area contributed by atoms with Gasteiger partial charge in [-0.2, -0.15) is 0 Å². The molecule has 4 heteroatoms. The highest BCUT2D eigenvalue weighted by Gasteiger charge is 2.19. The number of carbonyl (C=O) groups excluding carboxylic acids is 1. The van der Waals surface area contributed by atoms with E-state index in [9.17, 15) is 9.90 Å². The van der Waals surface area contributed by atoms with Crippen LogP contribution in [0.1, 0.15) is 64.0 Å². The monoisotopic (exact) mass is 307 g/mol. The third-order valence-electron chi connectivity index (χ3n) is 3.76. The maximum absolute atomic E-state index is 12.1. The Hall–Kier alpha value is -1.55. The first kappa shape index (κ1) is 18.5. The van der Waals surface area contributed by atoms with E-state index >= 15 is 0 Å². The second-order valence-corrected chi connectivity index (χ2v) is 5.73. The lowest BCUT2D eigenvalue weighted by molar-refractivity contribution is -0.122. The Labute approximate surface area is 133 Å².